The zero-order valence-corrected chi connectivity index (χ0v) is 13.9. The number of piperazine rings is 1. The molecule has 7 heteroatoms. The van der Waals surface area contributed by atoms with Crippen molar-refractivity contribution in [2.45, 2.75) is 32.6 Å². The Morgan fingerprint density at radius 3 is 2.32 bits per heavy atom. The highest BCUT2D eigenvalue weighted by molar-refractivity contribution is 9.09. The average Bonchev–Trinajstić information content (AvgIpc) is 2.39. The standard InChI is InChI=1S/C12H23BrN2O3S/c1-2-11-19(17,18)15-9-7-14(8-10-15)12(16)5-3-4-6-13/h2-11H2,1H3. The fourth-order valence-electron chi connectivity index (χ4n) is 2.13. The molecule has 0 N–H and O–H groups in total. The minimum Gasteiger partial charge on any atom is -0.340 e. The molecular weight excluding hydrogens is 332 g/mol. The maximum absolute atomic E-state index is 11.9. The van der Waals surface area contributed by atoms with Crippen LogP contribution in [0.25, 0.3) is 0 Å². The molecule has 1 aliphatic heterocycles. The molecule has 0 saturated carbocycles. The van der Waals surface area contributed by atoms with Crippen molar-refractivity contribution < 1.29 is 13.2 Å². The topological polar surface area (TPSA) is 57.7 Å². The number of alkyl halides is 1. The molecule has 1 amide bonds. The van der Waals surface area contributed by atoms with Gasteiger partial charge in [-0.15, -0.1) is 0 Å². The lowest BCUT2D eigenvalue weighted by molar-refractivity contribution is -0.132. The van der Waals surface area contributed by atoms with Crippen molar-refractivity contribution in [1.82, 2.24) is 9.21 Å². The van der Waals surface area contributed by atoms with Gasteiger partial charge in [0, 0.05) is 37.9 Å². The van der Waals surface area contributed by atoms with E-state index in [1.54, 1.807) is 4.90 Å². The first-order chi connectivity index (χ1) is 9.01. The maximum atomic E-state index is 11.9. The van der Waals surface area contributed by atoms with Gasteiger partial charge in [0.2, 0.25) is 15.9 Å². The molecule has 0 atom stereocenters. The van der Waals surface area contributed by atoms with Gasteiger partial charge in [0.1, 0.15) is 0 Å². The van der Waals surface area contributed by atoms with E-state index in [2.05, 4.69) is 15.9 Å². The smallest absolute Gasteiger partial charge is 0.222 e. The zero-order valence-electron chi connectivity index (χ0n) is 11.5. The molecule has 0 bridgehead atoms. The summed E-state index contributed by atoms with van der Waals surface area (Å²) < 4.78 is 25.3. The molecule has 112 valence electrons. The van der Waals surface area contributed by atoms with Crippen LogP contribution < -0.4 is 0 Å². The quantitative estimate of drug-likeness (QED) is 0.513. The summed E-state index contributed by atoms with van der Waals surface area (Å²) in [4.78, 5) is 13.7. The number of amides is 1. The highest BCUT2D eigenvalue weighted by Crippen LogP contribution is 2.11. The van der Waals surface area contributed by atoms with Crippen LogP contribution in [0.1, 0.15) is 32.6 Å². The monoisotopic (exact) mass is 354 g/mol. The van der Waals surface area contributed by atoms with E-state index >= 15 is 0 Å². The van der Waals surface area contributed by atoms with E-state index in [4.69, 9.17) is 0 Å². The fraction of sp³-hybridized carbons (Fsp3) is 0.917. The summed E-state index contributed by atoms with van der Waals surface area (Å²) in [5.41, 5.74) is 0. The molecule has 1 heterocycles. The predicted octanol–water partition coefficient (Wildman–Crippen LogP) is 1.44. The van der Waals surface area contributed by atoms with E-state index in [-0.39, 0.29) is 11.7 Å². The molecular formula is C12H23BrN2O3S. The summed E-state index contributed by atoms with van der Waals surface area (Å²) in [6.07, 6.45) is 3.08. The zero-order chi connectivity index (χ0) is 14.3. The van der Waals surface area contributed by atoms with Crippen LogP contribution in [0.2, 0.25) is 0 Å². The molecule has 1 fully saturated rings. The molecule has 1 saturated heterocycles. The Kier molecular flexibility index (Phi) is 7.31. The van der Waals surface area contributed by atoms with Crippen molar-refractivity contribution >= 4 is 31.9 Å². The van der Waals surface area contributed by atoms with Crippen LogP contribution >= 0.6 is 15.9 Å². The van der Waals surface area contributed by atoms with Gasteiger partial charge in [-0.1, -0.05) is 22.9 Å². The number of carbonyl (C=O) groups is 1. The van der Waals surface area contributed by atoms with Gasteiger partial charge in [0.05, 0.1) is 5.75 Å². The first-order valence-corrected chi connectivity index (χ1v) is 9.56. The second kappa shape index (κ2) is 8.21. The molecule has 0 aromatic carbocycles. The van der Waals surface area contributed by atoms with Gasteiger partial charge >= 0.3 is 0 Å². The Morgan fingerprint density at radius 2 is 1.79 bits per heavy atom. The van der Waals surface area contributed by atoms with E-state index < -0.39 is 10.0 Å². The van der Waals surface area contributed by atoms with Gasteiger partial charge in [-0.2, -0.15) is 4.31 Å². The van der Waals surface area contributed by atoms with Gasteiger partial charge in [0.15, 0.2) is 0 Å². The van der Waals surface area contributed by atoms with Gasteiger partial charge < -0.3 is 4.90 Å². The number of hydrogen-bond donors (Lipinski definition) is 0. The number of sulfonamides is 1. The molecule has 0 radical (unpaired) electrons. The van der Waals surface area contributed by atoms with Crippen molar-refractivity contribution in [2.24, 2.45) is 0 Å². The number of unbranched alkanes of at least 4 members (excludes halogenated alkanes) is 1. The molecule has 1 rings (SSSR count). The highest BCUT2D eigenvalue weighted by Gasteiger charge is 2.27. The number of rotatable bonds is 7. The van der Waals surface area contributed by atoms with E-state index in [0.717, 1.165) is 18.2 Å². The predicted molar refractivity (Wildman–Crippen MR) is 79.9 cm³/mol. The number of nitrogens with zero attached hydrogens (tertiary/aromatic N) is 2. The van der Waals surface area contributed by atoms with E-state index in [0.29, 0.717) is 39.0 Å². The van der Waals surface area contributed by atoms with Crippen LogP contribution in [-0.4, -0.2) is 60.8 Å². The lowest BCUT2D eigenvalue weighted by atomic mass is 10.2. The second-order valence-corrected chi connectivity index (χ2v) is 7.62. The van der Waals surface area contributed by atoms with Crippen molar-refractivity contribution in [3.63, 3.8) is 0 Å². The largest absolute Gasteiger partial charge is 0.340 e. The van der Waals surface area contributed by atoms with Crippen LogP contribution in [0.5, 0.6) is 0 Å². The summed E-state index contributed by atoms with van der Waals surface area (Å²) in [5, 5.41) is 0.920. The molecule has 0 aromatic rings. The number of hydrogen-bond acceptors (Lipinski definition) is 3. The molecule has 19 heavy (non-hydrogen) atoms. The van der Waals surface area contributed by atoms with E-state index in [1.165, 1.54) is 4.31 Å². The minimum absolute atomic E-state index is 0.147. The number of halogens is 1. The minimum atomic E-state index is -3.11. The normalized spacial score (nSPS) is 17.7. The third kappa shape index (κ3) is 5.39. The number of carbonyl (C=O) groups excluding carboxylic acids is 1. The van der Waals surface area contributed by atoms with Crippen LogP contribution in [0.4, 0.5) is 0 Å². The van der Waals surface area contributed by atoms with Crippen LogP contribution in [-0.2, 0) is 14.8 Å². The second-order valence-electron chi connectivity index (χ2n) is 4.74. The maximum Gasteiger partial charge on any atom is 0.222 e. The van der Waals surface area contributed by atoms with Crippen LogP contribution in [0, 0.1) is 0 Å². The van der Waals surface area contributed by atoms with Gasteiger partial charge in [-0.05, 0) is 19.3 Å². The molecule has 1 aliphatic rings. The van der Waals surface area contributed by atoms with Crippen LogP contribution in [0.15, 0.2) is 0 Å². The van der Waals surface area contributed by atoms with Gasteiger partial charge in [-0.3, -0.25) is 4.79 Å². The van der Waals surface area contributed by atoms with Crippen molar-refractivity contribution in [3.05, 3.63) is 0 Å². The lowest BCUT2D eigenvalue weighted by Crippen LogP contribution is -2.51. The SMILES string of the molecule is CCCS(=O)(=O)N1CCN(C(=O)CCCCBr)CC1. The Hall–Kier alpha value is -0.140. The van der Waals surface area contributed by atoms with E-state index in [9.17, 15) is 13.2 Å². The van der Waals surface area contributed by atoms with Crippen molar-refractivity contribution in [3.8, 4) is 0 Å². The lowest BCUT2D eigenvalue weighted by Gasteiger charge is -2.34. The van der Waals surface area contributed by atoms with Crippen LogP contribution in [0.3, 0.4) is 0 Å². The average molecular weight is 355 g/mol. The first-order valence-electron chi connectivity index (χ1n) is 6.83. The summed E-state index contributed by atoms with van der Waals surface area (Å²) >= 11 is 3.34. The first kappa shape index (κ1) is 16.9. The fourth-order valence-corrected chi connectivity index (χ4v) is 4.02. The summed E-state index contributed by atoms with van der Waals surface area (Å²) in [6.45, 7) is 3.78. The third-order valence-electron chi connectivity index (χ3n) is 3.22. The Bertz CT molecular complexity index is 378. The molecule has 0 unspecified atom stereocenters. The summed E-state index contributed by atoms with van der Waals surface area (Å²) in [7, 11) is -3.11. The van der Waals surface area contributed by atoms with Crippen molar-refractivity contribution in [2.75, 3.05) is 37.3 Å². The highest BCUT2D eigenvalue weighted by atomic mass is 79.9. The molecule has 5 nitrogen and oxygen atoms in total. The Labute approximate surface area is 124 Å². The van der Waals surface area contributed by atoms with Gasteiger partial charge in [-0.25, -0.2) is 8.42 Å². The summed E-state index contributed by atoms with van der Waals surface area (Å²) in [6, 6.07) is 0. The Morgan fingerprint density at radius 1 is 1.16 bits per heavy atom. The van der Waals surface area contributed by atoms with Crippen molar-refractivity contribution in [1.29, 1.82) is 0 Å². The van der Waals surface area contributed by atoms with Gasteiger partial charge in [0.25, 0.3) is 0 Å². The molecule has 0 aliphatic carbocycles. The third-order valence-corrected chi connectivity index (χ3v) is 5.86. The molecule has 0 spiro atoms. The van der Waals surface area contributed by atoms with E-state index in [1.807, 2.05) is 6.92 Å². The Balaban J connectivity index is 2.38. The summed E-state index contributed by atoms with van der Waals surface area (Å²) in [5.74, 6) is 0.347. The molecule has 0 aromatic heterocycles.